The van der Waals surface area contributed by atoms with E-state index in [9.17, 15) is 8.42 Å². The van der Waals surface area contributed by atoms with E-state index in [4.69, 9.17) is 5.73 Å². The maximum Gasteiger partial charge on any atom is 0.260 e. The Kier molecular flexibility index (Phi) is 3.50. The molecule has 7 heteroatoms. The Morgan fingerprint density at radius 2 is 2.35 bits per heavy atom. The van der Waals surface area contributed by atoms with E-state index in [1.807, 2.05) is 0 Å². The largest absolute Gasteiger partial charge is 0.330 e. The Labute approximate surface area is 101 Å². The second-order valence-corrected chi connectivity index (χ2v) is 6.12. The minimum atomic E-state index is -3.42. The van der Waals surface area contributed by atoms with Crippen LogP contribution in [0.3, 0.4) is 0 Å². The summed E-state index contributed by atoms with van der Waals surface area (Å²) < 4.78 is 27.8. The molecular weight excluding hydrogens is 240 g/mol. The predicted molar refractivity (Wildman–Crippen MR) is 63.8 cm³/mol. The van der Waals surface area contributed by atoms with Crippen molar-refractivity contribution in [2.24, 2.45) is 12.8 Å². The van der Waals surface area contributed by atoms with Crippen molar-refractivity contribution in [1.82, 2.24) is 14.1 Å². The molecule has 0 aromatic carbocycles. The molecule has 2 rings (SSSR count). The highest BCUT2D eigenvalue weighted by Gasteiger charge is 2.36. The number of hydrogen-bond donors (Lipinski definition) is 1. The van der Waals surface area contributed by atoms with Crippen LogP contribution in [0.15, 0.2) is 17.3 Å². The van der Waals surface area contributed by atoms with E-state index >= 15 is 0 Å². The van der Waals surface area contributed by atoms with E-state index in [2.05, 4.69) is 5.10 Å². The van der Waals surface area contributed by atoms with Gasteiger partial charge in [-0.1, -0.05) is 0 Å². The molecule has 1 unspecified atom stereocenters. The molecule has 0 spiro atoms. The Balaban J connectivity index is 2.30. The Bertz CT molecular complexity index is 482. The van der Waals surface area contributed by atoms with Crippen molar-refractivity contribution in [3.63, 3.8) is 0 Å². The van der Waals surface area contributed by atoms with Crippen LogP contribution < -0.4 is 5.73 Å². The highest BCUT2D eigenvalue weighted by Crippen LogP contribution is 2.27. The number of sulfonamides is 1. The minimum Gasteiger partial charge on any atom is -0.330 e. The van der Waals surface area contributed by atoms with Crippen molar-refractivity contribution < 1.29 is 8.42 Å². The van der Waals surface area contributed by atoms with Gasteiger partial charge in [-0.3, -0.25) is 4.68 Å². The van der Waals surface area contributed by atoms with Crippen LogP contribution in [0.1, 0.15) is 19.3 Å². The minimum absolute atomic E-state index is 0.0416. The third-order valence-corrected chi connectivity index (χ3v) is 5.20. The summed E-state index contributed by atoms with van der Waals surface area (Å²) in [5, 5.41) is 4.16. The van der Waals surface area contributed by atoms with Crippen LogP contribution in [0.2, 0.25) is 0 Å². The molecule has 1 aliphatic heterocycles. The Hall–Kier alpha value is -0.920. The first-order valence-corrected chi connectivity index (χ1v) is 7.21. The van der Waals surface area contributed by atoms with E-state index < -0.39 is 10.0 Å². The van der Waals surface area contributed by atoms with Crippen LogP contribution >= 0.6 is 0 Å². The zero-order valence-electron chi connectivity index (χ0n) is 9.91. The Morgan fingerprint density at radius 1 is 1.59 bits per heavy atom. The molecule has 0 aliphatic carbocycles. The topological polar surface area (TPSA) is 81.2 Å². The standard InChI is InChI=1S/C10H18N4O2S/c1-13-10(5-7-12-13)17(15,16)14-8-2-3-9(14)4-6-11/h5,7,9H,2-4,6,8,11H2,1H3. The number of hydrogen-bond acceptors (Lipinski definition) is 4. The molecule has 6 nitrogen and oxygen atoms in total. The van der Waals surface area contributed by atoms with E-state index in [0.717, 1.165) is 19.3 Å². The van der Waals surface area contributed by atoms with Crippen LogP contribution in [0.5, 0.6) is 0 Å². The molecule has 2 heterocycles. The monoisotopic (exact) mass is 258 g/mol. The summed E-state index contributed by atoms with van der Waals surface area (Å²) in [6.45, 7) is 1.10. The first-order valence-electron chi connectivity index (χ1n) is 5.77. The number of aromatic nitrogens is 2. The van der Waals surface area contributed by atoms with Gasteiger partial charge >= 0.3 is 0 Å². The normalized spacial score (nSPS) is 22.1. The SMILES string of the molecule is Cn1nccc1S(=O)(=O)N1CCCC1CCN. The molecule has 0 radical (unpaired) electrons. The number of nitrogens with zero attached hydrogens (tertiary/aromatic N) is 3. The molecule has 0 amide bonds. The van der Waals surface area contributed by atoms with Gasteiger partial charge in [0.2, 0.25) is 0 Å². The fourth-order valence-electron chi connectivity index (χ4n) is 2.34. The second-order valence-electron chi connectivity index (χ2n) is 4.28. The van der Waals surface area contributed by atoms with Crippen molar-refractivity contribution in [2.45, 2.75) is 30.3 Å². The van der Waals surface area contributed by atoms with E-state index in [-0.39, 0.29) is 11.1 Å². The van der Waals surface area contributed by atoms with Crippen LogP contribution in [0.25, 0.3) is 0 Å². The zero-order chi connectivity index (χ0) is 12.5. The number of nitrogens with two attached hydrogens (primary N) is 1. The molecule has 1 aromatic heterocycles. The lowest BCUT2D eigenvalue weighted by Gasteiger charge is -2.23. The quantitative estimate of drug-likeness (QED) is 0.819. The third-order valence-electron chi connectivity index (χ3n) is 3.17. The van der Waals surface area contributed by atoms with Crippen molar-refractivity contribution in [3.05, 3.63) is 12.3 Å². The average molecular weight is 258 g/mol. The second kappa shape index (κ2) is 4.75. The molecule has 1 saturated heterocycles. The molecule has 1 fully saturated rings. The van der Waals surface area contributed by atoms with Gasteiger partial charge in [-0.15, -0.1) is 0 Å². The highest BCUT2D eigenvalue weighted by atomic mass is 32.2. The van der Waals surface area contributed by atoms with Crippen molar-refractivity contribution in [3.8, 4) is 0 Å². The van der Waals surface area contributed by atoms with Gasteiger partial charge in [0.15, 0.2) is 5.03 Å². The number of rotatable bonds is 4. The number of aryl methyl sites for hydroxylation is 1. The molecule has 2 N–H and O–H groups in total. The summed E-state index contributed by atoms with van der Waals surface area (Å²) in [5.41, 5.74) is 5.52. The van der Waals surface area contributed by atoms with Crippen LogP contribution in [-0.4, -0.2) is 41.6 Å². The Morgan fingerprint density at radius 3 is 2.94 bits per heavy atom. The van der Waals surface area contributed by atoms with Gasteiger partial charge < -0.3 is 5.73 Å². The molecule has 96 valence electrons. The summed E-state index contributed by atoms with van der Waals surface area (Å²) in [6, 6.07) is 1.58. The van der Waals surface area contributed by atoms with Gasteiger partial charge in [-0.05, 0) is 31.9 Å². The summed E-state index contributed by atoms with van der Waals surface area (Å²) in [4.78, 5) is 0. The summed E-state index contributed by atoms with van der Waals surface area (Å²) in [7, 11) is -1.78. The maximum absolute atomic E-state index is 12.4. The van der Waals surface area contributed by atoms with Crippen LogP contribution in [0, 0.1) is 0 Å². The fraction of sp³-hybridized carbons (Fsp3) is 0.700. The molecular formula is C10H18N4O2S. The van der Waals surface area contributed by atoms with Gasteiger partial charge in [0.1, 0.15) is 0 Å². The lowest BCUT2D eigenvalue weighted by atomic mass is 10.2. The molecule has 0 bridgehead atoms. The van der Waals surface area contributed by atoms with E-state index in [1.165, 1.54) is 16.9 Å². The van der Waals surface area contributed by atoms with E-state index in [1.54, 1.807) is 11.4 Å². The lowest BCUT2D eigenvalue weighted by molar-refractivity contribution is 0.370. The van der Waals surface area contributed by atoms with Gasteiger partial charge in [0, 0.05) is 19.6 Å². The van der Waals surface area contributed by atoms with Gasteiger partial charge in [-0.2, -0.15) is 9.40 Å². The lowest BCUT2D eigenvalue weighted by Crippen LogP contribution is -2.37. The third kappa shape index (κ3) is 2.22. The molecule has 0 saturated carbocycles. The first-order chi connectivity index (χ1) is 8.07. The highest BCUT2D eigenvalue weighted by molar-refractivity contribution is 7.89. The average Bonchev–Trinajstić information content (AvgIpc) is 2.87. The van der Waals surface area contributed by atoms with Gasteiger partial charge in [0.25, 0.3) is 10.0 Å². The molecule has 1 aliphatic rings. The van der Waals surface area contributed by atoms with Gasteiger partial charge in [0.05, 0.1) is 6.20 Å². The van der Waals surface area contributed by atoms with Gasteiger partial charge in [-0.25, -0.2) is 8.42 Å². The smallest absolute Gasteiger partial charge is 0.260 e. The summed E-state index contributed by atoms with van der Waals surface area (Å²) in [5.74, 6) is 0. The first kappa shape index (κ1) is 12.5. The van der Waals surface area contributed by atoms with Crippen molar-refractivity contribution in [1.29, 1.82) is 0 Å². The summed E-state index contributed by atoms with van der Waals surface area (Å²) in [6.07, 6.45) is 4.02. The maximum atomic E-state index is 12.4. The molecule has 1 aromatic rings. The van der Waals surface area contributed by atoms with Crippen LogP contribution in [-0.2, 0) is 17.1 Å². The molecule has 1 atom stereocenters. The predicted octanol–water partition coefficient (Wildman–Crippen LogP) is -0.0780. The van der Waals surface area contributed by atoms with Crippen molar-refractivity contribution >= 4 is 10.0 Å². The fourth-order valence-corrected chi connectivity index (χ4v) is 4.17. The van der Waals surface area contributed by atoms with Crippen LogP contribution in [0.4, 0.5) is 0 Å². The zero-order valence-corrected chi connectivity index (χ0v) is 10.7. The summed E-state index contributed by atoms with van der Waals surface area (Å²) >= 11 is 0. The van der Waals surface area contributed by atoms with E-state index in [0.29, 0.717) is 13.1 Å². The van der Waals surface area contributed by atoms with Crippen molar-refractivity contribution in [2.75, 3.05) is 13.1 Å². The molecule has 17 heavy (non-hydrogen) atoms.